The number of carbonyl (C=O) groups excluding carboxylic acids is 3. The Labute approximate surface area is 179 Å². The van der Waals surface area contributed by atoms with Gasteiger partial charge in [0.05, 0.1) is 0 Å². The number of nitrogens with one attached hydrogen (secondary N) is 2. The second-order valence-electron chi connectivity index (χ2n) is 8.23. The van der Waals surface area contributed by atoms with Gasteiger partial charge in [-0.3, -0.25) is 9.59 Å². The molecule has 0 aliphatic rings. The van der Waals surface area contributed by atoms with Crippen molar-refractivity contribution in [1.29, 1.82) is 0 Å². The average molecular weight is 422 g/mol. The van der Waals surface area contributed by atoms with Gasteiger partial charge in [-0.25, -0.2) is 4.79 Å². The van der Waals surface area contributed by atoms with Crippen molar-refractivity contribution >= 4 is 17.9 Å². The van der Waals surface area contributed by atoms with Crippen molar-refractivity contribution in [2.24, 2.45) is 0 Å². The molecule has 0 saturated heterocycles. The zero-order chi connectivity index (χ0) is 22.9. The maximum atomic E-state index is 13.1. The van der Waals surface area contributed by atoms with Crippen molar-refractivity contribution in [1.82, 2.24) is 15.5 Å². The summed E-state index contributed by atoms with van der Waals surface area (Å²) in [5.74, 6) is -0.660. The minimum atomic E-state index is -0.886. The minimum Gasteiger partial charge on any atom is -0.508 e. The second kappa shape index (κ2) is 11.4. The summed E-state index contributed by atoms with van der Waals surface area (Å²) in [6.07, 6.45) is 1.03. The van der Waals surface area contributed by atoms with Crippen LogP contribution in [0.5, 0.6) is 5.75 Å². The second-order valence-corrected chi connectivity index (χ2v) is 8.23. The molecular formula is C22H35N3O5. The maximum Gasteiger partial charge on any atom is 0.408 e. The Morgan fingerprint density at radius 2 is 1.73 bits per heavy atom. The van der Waals surface area contributed by atoms with Gasteiger partial charge in [-0.15, -0.1) is 0 Å². The van der Waals surface area contributed by atoms with E-state index in [1.165, 1.54) is 17.0 Å². The van der Waals surface area contributed by atoms with Gasteiger partial charge in [0.2, 0.25) is 11.8 Å². The highest BCUT2D eigenvalue weighted by Crippen LogP contribution is 2.24. The van der Waals surface area contributed by atoms with Gasteiger partial charge in [0.1, 0.15) is 23.9 Å². The van der Waals surface area contributed by atoms with Crippen molar-refractivity contribution in [2.45, 2.75) is 72.1 Å². The number of carbonyl (C=O) groups is 3. The van der Waals surface area contributed by atoms with E-state index in [4.69, 9.17) is 4.74 Å². The summed E-state index contributed by atoms with van der Waals surface area (Å²) in [6.45, 7) is 10.9. The number of phenolic OH excluding ortho intramolecular Hbond substituents is 1. The molecule has 0 aromatic heterocycles. The molecule has 1 aromatic carbocycles. The summed E-state index contributed by atoms with van der Waals surface area (Å²) < 4.78 is 5.16. The predicted octanol–water partition coefficient (Wildman–Crippen LogP) is 3.11. The fourth-order valence-electron chi connectivity index (χ4n) is 3.02. The molecule has 0 radical (unpaired) electrons. The molecule has 0 bridgehead atoms. The molecule has 168 valence electrons. The third kappa shape index (κ3) is 8.31. The van der Waals surface area contributed by atoms with Gasteiger partial charge in [0.25, 0.3) is 0 Å². The van der Waals surface area contributed by atoms with Crippen LogP contribution < -0.4 is 10.6 Å². The summed E-state index contributed by atoms with van der Waals surface area (Å²) in [7, 11) is 0. The van der Waals surface area contributed by atoms with Crippen LogP contribution >= 0.6 is 0 Å². The number of hydrogen-bond donors (Lipinski definition) is 3. The first-order chi connectivity index (χ1) is 14.0. The van der Waals surface area contributed by atoms with Crippen LogP contribution in [-0.4, -0.2) is 52.6 Å². The van der Waals surface area contributed by atoms with Gasteiger partial charge in [-0.2, -0.15) is 0 Å². The lowest BCUT2D eigenvalue weighted by Crippen LogP contribution is -2.49. The van der Waals surface area contributed by atoms with Gasteiger partial charge in [-0.1, -0.05) is 25.5 Å². The maximum absolute atomic E-state index is 13.1. The number of benzene rings is 1. The van der Waals surface area contributed by atoms with Crippen LogP contribution in [0.1, 0.15) is 66.0 Å². The Bertz CT molecular complexity index is 712. The third-order valence-electron chi connectivity index (χ3n) is 4.32. The first kappa shape index (κ1) is 25.3. The van der Waals surface area contributed by atoms with Gasteiger partial charge < -0.3 is 25.4 Å². The van der Waals surface area contributed by atoms with E-state index >= 15 is 0 Å². The lowest BCUT2D eigenvalue weighted by atomic mass is 10.0. The van der Waals surface area contributed by atoms with Crippen LogP contribution in [0.25, 0.3) is 0 Å². The fraction of sp³-hybridized carbons (Fsp3) is 0.591. The van der Waals surface area contributed by atoms with Crippen LogP contribution in [0.4, 0.5) is 4.79 Å². The normalized spacial score (nSPS) is 13.1. The van der Waals surface area contributed by atoms with Crippen molar-refractivity contribution in [3.8, 4) is 5.75 Å². The summed E-state index contributed by atoms with van der Waals surface area (Å²) in [5, 5.41) is 15.0. The molecule has 30 heavy (non-hydrogen) atoms. The summed E-state index contributed by atoms with van der Waals surface area (Å²) in [6, 6.07) is 5.24. The highest BCUT2D eigenvalue weighted by atomic mass is 16.6. The first-order valence-electron chi connectivity index (χ1n) is 10.3. The topological polar surface area (TPSA) is 108 Å². The number of rotatable bonds is 9. The molecule has 0 aliphatic heterocycles. The van der Waals surface area contributed by atoms with Crippen molar-refractivity contribution in [3.05, 3.63) is 29.8 Å². The first-order valence-corrected chi connectivity index (χ1v) is 10.3. The highest BCUT2D eigenvalue weighted by Gasteiger charge is 2.31. The number of ether oxygens (including phenoxy) is 1. The summed E-state index contributed by atoms with van der Waals surface area (Å²) in [5.41, 5.74) is -0.108. The molecular weight excluding hydrogens is 386 g/mol. The van der Waals surface area contributed by atoms with Gasteiger partial charge in [-0.05, 0) is 58.7 Å². The predicted molar refractivity (Wildman–Crippen MR) is 115 cm³/mol. The Hall–Kier alpha value is -2.77. The molecule has 3 N–H and O–H groups in total. The molecule has 1 aromatic rings. The molecule has 8 heteroatoms. The van der Waals surface area contributed by atoms with E-state index in [1.54, 1.807) is 39.8 Å². The SMILES string of the molecule is CCCC(C)NC(=O)C(c1ccc(O)cc1)N(CC)C(=O)CNC(=O)OC(C)(C)C. The van der Waals surface area contributed by atoms with E-state index in [1.807, 2.05) is 13.8 Å². The Morgan fingerprint density at radius 3 is 2.23 bits per heavy atom. The van der Waals surface area contributed by atoms with Crippen molar-refractivity contribution < 1.29 is 24.2 Å². The van der Waals surface area contributed by atoms with Crippen LogP contribution in [0.15, 0.2) is 24.3 Å². The van der Waals surface area contributed by atoms with E-state index in [0.29, 0.717) is 5.56 Å². The molecule has 3 amide bonds. The van der Waals surface area contributed by atoms with E-state index < -0.39 is 23.6 Å². The van der Waals surface area contributed by atoms with E-state index in [9.17, 15) is 19.5 Å². The van der Waals surface area contributed by atoms with E-state index in [2.05, 4.69) is 10.6 Å². The number of phenols is 1. The van der Waals surface area contributed by atoms with Gasteiger partial charge in [0, 0.05) is 12.6 Å². The Kier molecular flexibility index (Phi) is 9.62. The highest BCUT2D eigenvalue weighted by molar-refractivity contribution is 5.90. The quantitative estimate of drug-likeness (QED) is 0.568. The largest absolute Gasteiger partial charge is 0.508 e. The van der Waals surface area contributed by atoms with Crippen LogP contribution in [0.3, 0.4) is 0 Å². The minimum absolute atomic E-state index is 0.0455. The number of likely N-dealkylation sites (N-methyl/N-ethyl adjacent to an activating group) is 1. The lowest BCUT2D eigenvalue weighted by Gasteiger charge is -2.31. The monoisotopic (exact) mass is 421 g/mol. The molecule has 0 saturated carbocycles. The molecule has 0 spiro atoms. The number of hydrogen-bond acceptors (Lipinski definition) is 5. The molecule has 8 nitrogen and oxygen atoms in total. The van der Waals surface area contributed by atoms with Crippen LogP contribution in [0.2, 0.25) is 0 Å². The van der Waals surface area contributed by atoms with Crippen molar-refractivity contribution in [3.63, 3.8) is 0 Å². The van der Waals surface area contributed by atoms with E-state index in [-0.39, 0.29) is 30.8 Å². The number of amides is 3. The molecule has 2 atom stereocenters. The van der Waals surface area contributed by atoms with Gasteiger partial charge in [0.15, 0.2) is 0 Å². The number of nitrogens with zero attached hydrogens (tertiary/aromatic N) is 1. The molecule has 1 rings (SSSR count). The average Bonchev–Trinajstić information content (AvgIpc) is 2.63. The number of alkyl carbamates (subject to hydrolysis) is 1. The van der Waals surface area contributed by atoms with E-state index in [0.717, 1.165) is 12.8 Å². The molecule has 0 aliphatic carbocycles. The van der Waals surface area contributed by atoms with Crippen LogP contribution in [0, 0.1) is 0 Å². The molecule has 2 unspecified atom stereocenters. The Balaban J connectivity index is 3.03. The zero-order valence-electron chi connectivity index (χ0n) is 18.8. The third-order valence-corrected chi connectivity index (χ3v) is 4.32. The number of aromatic hydroxyl groups is 1. The smallest absolute Gasteiger partial charge is 0.408 e. The van der Waals surface area contributed by atoms with Gasteiger partial charge >= 0.3 is 6.09 Å². The van der Waals surface area contributed by atoms with Crippen molar-refractivity contribution in [2.75, 3.05) is 13.1 Å². The fourth-order valence-corrected chi connectivity index (χ4v) is 3.02. The Morgan fingerprint density at radius 1 is 1.13 bits per heavy atom. The standard InChI is InChI=1S/C22H35N3O5/c1-7-9-15(3)24-20(28)19(16-10-12-17(26)13-11-16)25(8-2)18(27)14-23-21(29)30-22(4,5)6/h10-13,15,19,26H,7-9,14H2,1-6H3,(H,23,29)(H,24,28). The molecule has 0 heterocycles. The lowest BCUT2D eigenvalue weighted by molar-refractivity contribution is -0.140. The summed E-state index contributed by atoms with van der Waals surface area (Å²) in [4.78, 5) is 39.2. The zero-order valence-corrected chi connectivity index (χ0v) is 18.8. The molecule has 0 fully saturated rings. The summed E-state index contributed by atoms with van der Waals surface area (Å²) >= 11 is 0. The van der Waals surface area contributed by atoms with Crippen LogP contribution in [-0.2, 0) is 14.3 Å².